The molecule has 0 aromatic heterocycles. The fourth-order valence-electron chi connectivity index (χ4n) is 2.71. The highest BCUT2D eigenvalue weighted by atomic mass is 127. The Morgan fingerprint density at radius 1 is 1.25 bits per heavy atom. The Morgan fingerprint density at radius 3 is 2.60 bits per heavy atom. The molecule has 0 aromatic rings. The van der Waals surface area contributed by atoms with Crippen molar-refractivity contribution >= 4 is 29.9 Å². The SMILES string of the molecule is CCNC(=NCCN1CCOCC1)NC1CCCC1.I. The van der Waals surface area contributed by atoms with Crippen LogP contribution in [-0.2, 0) is 4.74 Å². The summed E-state index contributed by atoms with van der Waals surface area (Å²) >= 11 is 0. The Balaban J connectivity index is 0.00000200. The maximum atomic E-state index is 5.35. The molecule has 1 saturated heterocycles. The second-order valence-corrected chi connectivity index (χ2v) is 5.34. The predicted molar refractivity (Wildman–Crippen MR) is 94.0 cm³/mol. The van der Waals surface area contributed by atoms with E-state index in [1.54, 1.807) is 0 Å². The van der Waals surface area contributed by atoms with Crippen LogP contribution in [-0.4, -0.2) is 62.8 Å². The molecule has 1 saturated carbocycles. The molecule has 1 aliphatic heterocycles. The van der Waals surface area contributed by atoms with E-state index in [-0.39, 0.29) is 24.0 Å². The van der Waals surface area contributed by atoms with Gasteiger partial charge in [-0.25, -0.2) is 0 Å². The van der Waals surface area contributed by atoms with Crippen molar-refractivity contribution in [1.29, 1.82) is 0 Å². The van der Waals surface area contributed by atoms with Gasteiger partial charge in [-0.15, -0.1) is 24.0 Å². The highest BCUT2D eigenvalue weighted by Crippen LogP contribution is 2.17. The van der Waals surface area contributed by atoms with Crippen LogP contribution in [0.3, 0.4) is 0 Å². The first-order valence-corrected chi connectivity index (χ1v) is 7.73. The maximum Gasteiger partial charge on any atom is 0.191 e. The molecule has 0 atom stereocenters. The largest absolute Gasteiger partial charge is 0.379 e. The fourth-order valence-corrected chi connectivity index (χ4v) is 2.71. The van der Waals surface area contributed by atoms with Gasteiger partial charge in [0.15, 0.2) is 5.96 Å². The molecule has 118 valence electrons. The van der Waals surface area contributed by atoms with E-state index in [1.165, 1.54) is 25.7 Å². The van der Waals surface area contributed by atoms with Crippen molar-refractivity contribution in [2.45, 2.75) is 38.6 Å². The van der Waals surface area contributed by atoms with Crippen molar-refractivity contribution in [3.05, 3.63) is 0 Å². The number of guanidine groups is 1. The Morgan fingerprint density at radius 2 is 1.95 bits per heavy atom. The summed E-state index contributed by atoms with van der Waals surface area (Å²) in [6.07, 6.45) is 5.28. The van der Waals surface area contributed by atoms with E-state index in [0.29, 0.717) is 6.04 Å². The van der Waals surface area contributed by atoms with Gasteiger partial charge in [-0.2, -0.15) is 0 Å². The van der Waals surface area contributed by atoms with Gasteiger partial charge < -0.3 is 15.4 Å². The van der Waals surface area contributed by atoms with Gasteiger partial charge in [-0.3, -0.25) is 9.89 Å². The molecule has 0 amide bonds. The summed E-state index contributed by atoms with van der Waals surface area (Å²) in [6, 6.07) is 0.626. The number of hydrogen-bond acceptors (Lipinski definition) is 3. The Hall–Kier alpha value is -0.0800. The van der Waals surface area contributed by atoms with Crippen molar-refractivity contribution in [2.75, 3.05) is 45.9 Å². The molecule has 2 aliphatic rings. The normalized spacial score (nSPS) is 21.6. The second kappa shape index (κ2) is 10.6. The third kappa shape index (κ3) is 6.58. The number of halogens is 1. The lowest BCUT2D eigenvalue weighted by atomic mass is 10.2. The molecule has 2 rings (SSSR count). The van der Waals surface area contributed by atoms with E-state index < -0.39 is 0 Å². The molecule has 0 aromatic carbocycles. The summed E-state index contributed by atoms with van der Waals surface area (Å²) in [4.78, 5) is 7.11. The first-order valence-electron chi connectivity index (χ1n) is 7.73. The lowest BCUT2D eigenvalue weighted by Gasteiger charge is -2.26. The van der Waals surface area contributed by atoms with Crippen LogP contribution < -0.4 is 10.6 Å². The topological polar surface area (TPSA) is 48.9 Å². The molecule has 1 heterocycles. The smallest absolute Gasteiger partial charge is 0.191 e. The molecule has 0 bridgehead atoms. The van der Waals surface area contributed by atoms with Crippen LogP contribution in [0.25, 0.3) is 0 Å². The van der Waals surface area contributed by atoms with E-state index in [4.69, 9.17) is 4.74 Å². The van der Waals surface area contributed by atoms with E-state index in [1.807, 2.05) is 0 Å². The number of morpholine rings is 1. The van der Waals surface area contributed by atoms with Gasteiger partial charge in [0.1, 0.15) is 0 Å². The van der Waals surface area contributed by atoms with Crippen molar-refractivity contribution < 1.29 is 4.74 Å². The molecule has 2 fully saturated rings. The monoisotopic (exact) mass is 396 g/mol. The fraction of sp³-hybridized carbons (Fsp3) is 0.929. The number of nitrogens with one attached hydrogen (secondary N) is 2. The molecule has 5 nitrogen and oxygen atoms in total. The molecule has 0 radical (unpaired) electrons. The van der Waals surface area contributed by atoms with Gasteiger partial charge in [-0.1, -0.05) is 12.8 Å². The highest BCUT2D eigenvalue weighted by molar-refractivity contribution is 14.0. The average molecular weight is 396 g/mol. The summed E-state index contributed by atoms with van der Waals surface area (Å²) in [7, 11) is 0. The van der Waals surface area contributed by atoms with Crippen LogP contribution in [0, 0.1) is 0 Å². The van der Waals surface area contributed by atoms with Crippen LogP contribution in [0.5, 0.6) is 0 Å². The van der Waals surface area contributed by atoms with Crippen LogP contribution >= 0.6 is 24.0 Å². The first-order chi connectivity index (χ1) is 9.38. The summed E-state index contributed by atoms with van der Waals surface area (Å²) in [5, 5.41) is 6.89. The molecular weight excluding hydrogens is 367 g/mol. The first kappa shape index (κ1) is 18.0. The lowest BCUT2D eigenvalue weighted by Crippen LogP contribution is -2.43. The predicted octanol–water partition coefficient (Wildman–Crippen LogP) is 1.43. The van der Waals surface area contributed by atoms with Crippen molar-refractivity contribution in [3.63, 3.8) is 0 Å². The van der Waals surface area contributed by atoms with Crippen LogP contribution in [0.15, 0.2) is 4.99 Å². The van der Waals surface area contributed by atoms with Gasteiger partial charge in [0.05, 0.1) is 19.8 Å². The number of nitrogens with zero attached hydrogens (tertiary/aromatic N) is 2. The van der Waals surface area contributed by atoms with Gasteiger partial charge in [-0.05, 0) is 19.8 Å². The van der Waals surface area contributed by atoms with E-state index in [0.717, 1.165) is 51.9 Å². The Kier molecular flexibility index (Phi) is 9.54. The number of aliphatic imine (C=N–C) groups is 1. The molecule has 0 spiro atoms. The summed E-state index contributed by atoms with van der Waals surface area (Å²) in [5.74, 6) is 0.989. The van der Waals surface area contributed by atoms with Crippen LogP contribution in [0.1, 0.15) is 32.6 Å². The number of hydrogen-bond donors (Lipinski definition) is 2. The van der Waals surface area contributed by atoms with E-state index in [2.05, 4.69) is 27.4 Å². The molecule has 20 heavy (non-hydrogen) atoms. The van der Waals surface area contributed by atoms with Gasteiger partial charge in [0.25, 0.3) is 0 Å². The highest BCUT2D eigenvalue weighted by Gasteiger charge is 2.16. The zero-order valence-corrected chi connectivity index (χ0v) is 14.9. The Labute approximate surface area is 139 Å². The molecule has 1 aliphatic carbocycles. The van der Waals surface area contributed by atoms with Crippen LogP contribution in [0.4, 0.5) is 0 Å². The molecule has 6 heteroatoms. The number of rotatable bonds is 5. The molecule has 0 unspecified atom stereocenters. The van der Waals surface area contributed by atoms with Gasteiger partial charge in [0.2, 0.25) is 0 Å². The van der Waals surface area contributed by atoms with E-state index >= 15 is 0 Å². The minimum atomic E-state index is 0. The summed E-state index contributed by atoms with van der Waals surface area (Å²) in [6.45, 7) is 8.76. The zero-order chi connectivity index (χ0) is 13.3. The quantitative estimate of drug-likeness (QED) is 0.420. The minimum absolute atomic E-state index is 0. The maximum absolute atomic E-state index is 5.35. The molecule has 2 N–H and O–H groups in total. The zero-order valence-electron chi connectivity index (χ0n) is 12.6. The van der Waals surface area contributed by atoms with Gasteiger partial charge >= 0.3 is 0 Å². The lowest BCUT2D eigenvalue weighted by molar-refractivity contribution is 0.0394. The third-order valence-corrected chi connectivity index (χ3v) is 3.83. The van der Waals surface area contributed by atoms with Crippen molar-refractivity contribution in [2.24, 2.45) is 4.99 Å². The van der Waals surface area contributed by atoms with E-state index in [9.17, 15) is 0 Å². The second-order valence-electron chi connectivity index (χ2n) is 5.34. The molecular formula is C14H29IN4O. The van der Waals surface area contributed by atoms with Crippen molar-refractivity contribution in [1.82, 2.24) is 15.5 Å². The Bertz CT molecular complexity index is 276. The number of ether oxygens (including phenoxy) is 1. The summed E-state index contributed by atoms with van der Waals surface area (Å²) < 4.78 is 5.35. The third-order valence-electron chi connectivity index (χ3n) is 3.83. The standard InChI is InChI=1S/C14H28N4O.HI/c1-2-15-14(17-13-5-3-4-6-13)16-7-8-18-9-11-19-12-10-18;/h13H,2-12H2,1H3,(H2,15,16,17);1H. The van der Waals surface area contributed by atoms with Crippen molar-refractivity contribution in [3.8, 4) is 0 Å². The summed E-state index contributed by atoms with van der Waals surface area (Å²) in [5.41, 5.74) is 0. The van der Waals surface area contributed by atoms with Crippen LogP contribution in [0.2, 0.25) is 0 Å². The van der Waals surface area contributed by atoms with Gasteiger partial charge in [0, 0.05) is 32.2 Å². The average Bonchev–Trinajstić information content (AvgIpc) is 2.93. The minimum Gasteiger partial charge on any atom is -0.379 e.